The monoisotopic (exact) mass is 325 g/mol. The maximum atomic E-state index is 11.4. The van der Waals surface area contributed by atoms with Gasteiger partial charge >= 0.3 is 0 Å². The molecule has 0 saturated heterocycles. The Kier molecular flexibility index (Phi) is 4.64. The van der Waals surface area contributed by atoms with Gasteiger partial charge in [0, 0.05) is 4.43 Å². The minimum absolute atomic E-state index is 0.329. The highest BCUT2D eigenvalue weighted by molar-refractivity contribution is 14.1. The standard InChI is InChI=1S/C9H9ClINO2/c1-14-12-9(13)7-4-6(5-11)2-3-8(7)10/h2-4H,5H2,1H3,(H,12,13). The van der Waals surface area contributed by atoms with Gasteiger partial charge in [0.15, 0.2) is 0 Å². The van der Waals surface area contributed by atoms with Crippen molar-refractivity contribution in [2.24, 2.45) is 0 Å². The third-order valence-electron chi connectivity index (χ3n) is 1.62. The second-order valence-electron chi connectivity index (χ2n) is 2.58. The van der Waals surface area contributed by atoms with Gasteiger partial charge in [-0.2, -0.15) is 0 Å². The summed E-state index contributed by atoms with van der Waals surface area (Å²) in [5, 5.41) is 0.424. The Hall–Kier alpha value is -0.330. The maximum Gasteiger partial charge on any atom is 0.276 e. The summed E-state index contributed by atoms with van der Waals surface area (Å²) in [7, 11) is 1.38. The van der Waals surface area contributed by atoms with Gasteiger partial charge in [-0.1, -0.05) is 40.3 Å². The summed E-state index contributed by atoms with van der Waals surface area (Å²) in [6, 6.07) is 5.35. The van der Waals surface area contributed by atoms with E-state index in [1.54, 1.807) is 12.1 Å². The van der Waals surface area contributed by atoms with E-state index in [1.165, 1.54) is 7.11 Å². The summed E-state index contributed by atoms with van der Waals surface area (Å²) in [6.07, 6.45) is 0. The zero-order valence-corrected chi connectivity index (χ0v) is 10.4. The topological polar surface area (TPSA) is 38.3 Å². The van der Waals surface area contributed by atoms with E-state index in [9.17, 15) is 4.79 Å². The van der Waals surface area contributed by atoms with E-state index in [1.807, 2.05) is 6.07 Å². The maximum absolute atomic E-state index is 11.4. The Bertz CT molecular complexity index is 344. The summed E-state index contributed by atoms with van der Waals surface area (Å²) in [5.41, 5.74) is 3.71. The van der Waals surface area contributed by atoms with Crippen molar-refractivity contribution in [1.29, 1.82) is 0 Å². The fourth-order valence-corrected chi connectivity index (χ4v) is 1.66. The molecule has 1 aromatic carbocycles. The van der Waals surface area contributed by atoms with Crippen LogP contribution < -0.4 is 5.48 Å². The molecule has 1 aromatic rings. The average Bonchev–Trinajstić information content (AvgIpc) is 2.19. The predicted octanol–water partition coefficient (Wildman–Crippen LogP) is 2.57. The van der Waals surface area contributed by atoms with E-state index in [4.69, 9.17) is 11.6 Å². The van der Waals surface area contributed by atoms with Crippen LogP contribution in [0.5, 0.6) is 0 Å². The second-order valence-corrected chi connectivity index (χ2v) is 3.75. The van der Waals surface area contributed by atoms with Crippen LogP contribution in [0.1, 0.15) is 15.9 Å². The lowest BCUT2D eigenvalue weighted by Crippen LogP contribution is -2.22. The number of halogens is 2. The molecule has 0 aliphatic heterocycles. The van der Waals surface area contributed by atoms with E-state index in [-0.39, 0.29) is 5.91 Å². The van der Waals surface area contributed by atoms with Crippen molar-refractivity contribution in [1.82, 2.24) is 5.48 Å². The second kappa shape index (κ2) is 5.53. The number of rotatable bonds is 3. The van der Waals surface area contributed by atoms with Crippen LogP contribution in [0.3, 0.4) is 0 Å². The first kappa shape index (κ1) is 11.7. The highest BCUT2D eigenvalue weighted by Gasteiger charge is 2.10. The van der Waals surface area contributed by atoms with Gasteiger partial charge in [0.25, 0.3) is 5.91 Å². The first-order chi connectivity index (χ1) is 6.69. The molecule has 0 atom stereocenters. The number of hydrogen-bond donors (Lipinski definition) is 1. The van der Waals surface area contributed by atoms with Crippen molar-refractivity contribution in [2.45, 2.75) is 4.43 Å². The Morgan fingerprint density at radius 1 is 1.64 bits per heavy atom. The summed E-state index contributed by atoms with van der Waals surface area (Å²) >= 11 is 8.09. The molecule has 0 unspecified atom stereocenters. The van der Waals surface area contributed by atoms with Crippen molar-refractivity contribution in [3.8, 4) is 0 Å². The van der Waals surface area contributed by atoms with E-state index < -0.39 is 0 Å². The third kappa shape index (κ3) is 2.83. The molecule has 0 aliphatic carbocycles. The summed E-state index contributed by atoms with van der Waals surface area (Å²) in [6.45, 7) is 0. The molecule has 1 rings (SSSR count). The average molecular weight is 326 g/mol. The lowest BCUT2D eigenvalue weighted by Gasteiger charge is -2.05. The van der Waals surface area contributed by atoms with Crippen LogP contribution in [-0.4, -0.2) is 13.0 Å². The molecule has 0 radical (unpaired) electrons. The summed E-state index contributed by atoms with van der Waals surface area (Å²) in [4.78, 5) is 15.9. The Morgan fingerprint density at radius 2 is 2.36 bits per heavy atom. The molecule has 0 bridgehead atoms. The van der Waals surface area contributed by atoms with Gasteiger partial charge < -0.3 is 0 Å². The van der Waals surface area contributed by atoms with Crippen LogP contribution in [0.15, 0.2) is 18.2 Å². The number of benzene rings is 1. The molecule has 14 heavy (non-hydrogen) atoms. The van der Waals surface area contributed by atoms with Gasteiger partial charge in [0.1, 0.15) is 0 Å². The van der Waals surface area contributed by atoms with E-state index >= 15 is 0 Å². The van der Waals surface area contributed by atoms with Gasteiger partial charge in [0.05, 0.1) is 17.7 Å². The van der Waals surface area contributed by atoms with Crippen LogP contribution in [-0.2, 0) is 9.27 Å². The fraction of sp³-hybridized carbons (Fsp3) is 0.222. The number of nitrogens with one attached hydrogen (secondary N) is 1. The van der Waals surface area contributed by atoms with Crippen molar-refractivity contribution in [3.63, 3.8) is 0 Å². The normalized spacial score (nSPS) is 9.93. The van der Waals surface area contributed by atoms with E-state index in [0.29, 0.717) is 10.6 Å². The summed E-state index contributed by atoms with van der Waals surface area (Å²) in [5.74, 6) is -0.329. The molecule has 1 N–H and O–H groups in total. The van der Waals surface area contributed by atoms with Crippen molar-refractivity contribution in [2.75, 3.05) is 7.11 Å². The van der Waals surface area contributed by atoms with Gasteiger partial charge in [-0.25, -0.2) is 5.48 Å². The van der Waals surface area contributed by atoms with Gasteiger partial charge in [-0.3, -0.25) is 9.63 Å². The molecule has 1 amide bonds. The number of carbonyl (C=O) groups is 1. The number of alkyl halides is 1. The molecule has 0 aromatic heterocycles. The molecule has 0 aliphatic rings. The molecule has 5 heteroatoms. The largest absolute Gasteiger partial charge is 0.277 e. The first-order valence-electron chi connectivity index (χ1n) is 3.86. The Balaban J connectivity index is 2.99. The van der Waals surface area contributed by atoms with Gasteiger partial charge in [-0.05, 0) is 17.7 Å². The molecule has 0 fully saturated rings. The van der Waals surface area contributed by atoms with Crippen molar-refractivity contribution in [3.05, 3.63) is 34.3 Å². The molecule has 0 saturated carbocycles. The number of hydroxylamine groups is 1. The zero-order chi connectivity index (χ0) is 10.6. The SMILES string of the molecule is CONC(=O)c1cc(CI)ccc1Cl. The fourth-order valence-electron chi connectivity index (χ4n) is 0.977. The summed E-state index contributed by atoms with van der Waals surface area (Å²) < 4.78 is 0.836. The van der Waals surface area contributed by atoms with E-state index in [2.05, 4.69) is 32.9 Å². The molecule has 0 spiro atoms. The molecule has 3 nitrogen and oxygen atoms in total. The van der Waals surface area contributed by atoms with Crippen LogP contribution >= 0.6 is 34.2 Å². The zero-order valence-electron chi connectivity index (χ0n) is 7.51. The predicted molar refractivity (Wildman–Crippen MR) is 63.7 cm³/mol. The van der Waals surface area contributed by atoms with Gasteiger partial charge in [0.2, 0.25) is 0 Å². The number of amides is 1. The smallest absolute Gasteiger partial charge is 0.276 e. The lowest BCUT2D eigenvalue weighted by molar-refractivity contribution is 0.0538. The van der Waals surface area contributed by atoms with Crippen LogP contribution in [0.25, 0.3) is 0 Å². The van der Waals surface area contributed by atoms with Crippen LogP contribution in [0.4, 0.5) is 0 Å². The molecule has 0 heterocycles. The third-order valence-corrected chi connectivity index (χ3v) is 2.83. The molecular weight excluding hydrogens is 316 g/mol. The minimum Gasteiger partial charge on any atom is -0.277 e. The molecular formula is C9H9ClINO2. The Morgan fingerprint density at radius 3 is 2.93 bits per heavy atom. The first-order valence-corrected chi connectivity index (χ1v) is 5.77. The lowest BCUT2D eigenvalue weighted by atomic mass is 10.1. The highest BCUT2D eigenvalue weighted by Crippen LogP contribution is 2.19. The van der Waals surface area contributed by atoms with Crippen molar-refractivity contribution < 1.29 is 9.63 Å². The minimum atomic E-state index is -0.329. The Labute approximate surface area is 101 Å². The highest BCUT2D eigenvalue weighted by atomic mass is 127. The molecule has 76 valence electrons. The van der Waals surface area contributed by atoms with Crippen LogP contribution in [0, 0.1) is 0 Å². The van der Waals surface area contributed by atoms with Crippen LogP contribution in [0.2, 0.25) is 5.02 Å². The number of carbonyl (C=O) groups excluding carboxylic acids is 1. The quantitative estimate of drug-likeness (QED) is 0.527. The number of hydrogen-bond acceptors (Lipinski definition) is 2. The van der Waals surface area contributed by atoms with Gasteiger partial charge in [-0.15, -0.1) is 0 Å². The van der Waals surface area contributed by atoms with E-state index in [0.717, 1.165) is 9.99 Å². The van der Waals surface area contributed by atoms with Crippen molar-refractivity contribution >= 4 is 40.1 Å².